The van der Waals surface area contributed by atoms with Crippen LogP contribution in [0, 0.1) is 5.92 Å². The molecule has 1 heterocycles. The van der Waals surface area contributed by atoms with Crippen molar-refractivity contribution in [2.45, 2.75) is 32.7 Å². The fraction of sp³-hybridized carbons (Fsp3) is 0.692. The molecule has 0 radical (unpaired) electrons. The lowest BCUT2D eigenvalue weighted by atomic mass is 10.0. The Morgan fingerprint density at radius 2 is 2.25 bits per heavy atom. The van der Waals surface area contributed by atoms with Gasteiger partial charge < -0.3 is 5.73 Å². The Hall–Kier alpha value is -0.380. The molecule has 0 bridgehead atoms. The van der Waals surface area contributed by atoms with Gasteiger partial charge in [-0.2, -0.15) is 0 Å². The summed E-state index contributed by atoms with van der Waals surface area (Å²) in [6.07, 6.45) is 2.46. The molecule has 2 N–H and O–H groups in total. The molecule has 2 nitrogen and oxygen atoms in total. The molecule has 1 rings (SSSR count). The lowest BCUT2D eigenvalue weighted by Crippen LogP contribution is -2.31. The molecular weight excluding hydrogens is 216 g/mol. The Bertz CT molecular complexity index is 271. The van der Waals surface area contributed by atoms with E-state index in [0.29, 0.717) is 12.0 Å². The zero-order chi connectivity index (χ0) is 12.0. The predicted octanol–water partition coefficient (Wildman–Crippen LogP) is 3.12. The molecule has 1 aromatic rings. The third-order valence-electron chi connectivity index (χ3n) is 3.19. The van der Waals surface area contributed by atoms with Crippen molar-refractivity contribution in [3.63, 3.8) is 0 Å². The van der Waals surface area contributed by atoms with E-state index in [1.807, 2.05) is 11.3 Å². The van der Waals surface area contributed by atoms with Gasteiger partial charge in [0.2, 0.25) is 0 Å². The van der Waals surface area contributed by atoms with Gasteiger partial charge in [0.15, 0.2) is 0 Å². The molecule has 0 aliphatic rings. The van der Waals surface area contributed by atoms with E-state index in [1.165, 1.54) is 17.7 Å². The Labute approximate surface area is 103 Å². The summed E-state index contributed by atoms with van der Waals surface area (Å²) in [6.45, 7) is 6.40. The van der Waals surface area contributed by atoms with E-state index in [0.717, 1.165) is 13.1 Å². The standard InChI is InChI=1S/C13H24N2S/c1-4-6-12(9-14)10-15(3)11(2)13-7-5-8-16-13/h5,7-8,11-12H,4,6,9-10,14H2,1-3H3. The first-order valence-corrected chi connectivity index (χ1v) is 7.00. The first kappa shape index (κ1) is 13.7. The van der Waals surface area contributed by atoms with Crippen molar-refractivity contribution in [1.29, 1.82) is 0 Å². The second kappa shape index (κ2) is 7.05. The zero-order valence-electron chi connectivity index (χ0n) is 10.6. The minimum absolute atomic E-state index is 0.505. The van der Waals surface area contributed by atoms with Crippen LogP contribution in [-0.4, -0.2) is 25.0 Å². The van der Waals surface area contributed by atoms with Crippen LogP contribution in [0.3, 0.4) is 0 Å². The lowest BCUT2D eigenvalue weighted by Gasteiger charge is -2.27. The van der Waals surface area contributed by atoms with Gasteiger partial charge in [-0.3, -0.25) is 4.90 Å². The predicted molar refractivity (Wildman–Crippen MR) is 72.8 cm³/mol. The Morgan fingerprint density at radius 1 is 1.50 bits per heavy atom. The van der Waals surface area contributed by atoms with Gasteiger partial charge in [-0.05, 0) is 44.3 Å². The summed E-state index contributed by atoms with van der Waals surface area (Å²) in [6, 6.07) is 4.84. The van der Waals surface area contributed by atoms with Crippen molar-refractivity contribution in [1.82, 2.24) is 4.90 Å². The Kier molecular flexibility index (Phi) is 6.03. The maximum absolute atomic E-state index is 5.80. The molecule has 2 atom stereocenters. The van der Waals surface area contributed by atoms with Crippen LogP contribution in [0.4, 0.5) is 0 Å². The van der Waals surface area contributed by atoms with E-state index in [-0.39, 0.29) is 0 Å². The summed E-state index contributed by atoms with van der Waals surface area (Å²) < 4.78 is 0. The first-order valence-electron chi connectivity index (χ1n) is 6.12. The molecule has 0 aliphatic heterocycles. The highest BCUT2D eigenvalue weighted by molar-refractivity contribution is 7.10. The Morgan fingerprint density at radius 3 is 2.75 bits per heavy atom. The van der Waals surface area contributed by atoms with Crippen LogP contribution in [-0.2, 0) is 0 Å². The summed E-state index contributed by atoms with van der Waals surface area (Å²) in [5, 5.41) is 2.14. The van der Waals surface area contributed by atoms with E-state index in [2.05, 4.69) is 43.3 Å². The molecule has 16 heavy (non-hydrogen) atoms. The maximum Gasteiger partial charge on any atom is 0.0410 e. The van der Waals surface area contributed by atoms with Crippen LogP contribution >= 0.6 is 11.3 Å². The molecule has 0 aromatic carbocycles. The molecule has 0 aliphatic carbocycles. The van der Waals surface area contributed by atoms with Gasteiger partial charge in [0, 0.05) is 17.5 Å². The molecule has 92 valence electrons. The summed E-state index contributed by atoms with van der Waals surface area (Å²) in [5.41, 5.74) is 5.80. The van der Waals surface area contributed by atoms with Crippen molar-refractivity contribution in [2.24, 2.45) is 11.7 Å². The first-order chi connectivity index (χ1) is 7.69. The van der Waals surface area contributed by atoms with E-state index < -0.39 is 0 Å². The molecule has 0 saturated heterocycles. The molecule has 1 aromatic heterocycles. The number of hydrogen-bond donors (Lipinski definition) is 1. The van der Waals surface area contributed by atoms with Gasteiger partial charge in [0.1, 0.15) is 0 Å². The fourth-order valence-electron chi connectivity index (χ4n) is 2.00. The second-order valence-corrected chi connectivity index (χ2v) is 5.50. The van der Waals surface area contributed by atoms with Crippen molar-refractivity contribution < 1.29 is 0 Å². The number of rotatable bonds is 7. The van der Waals surface area contributed by atoms with Gasteiger partial charge in [-0.1, -0.05) is 19.4 Å². The molecule has 2 unspecified atom stereocenters. The average Bonchev–Trinajstić information content (AvgIpc) is 2.80. The van der Waals surface area contributed by atoms with Crippen molar-refractivity contribution in [2.75, 3.05) is 20.1 Å². The van der Waals surface area contributed by atoms with Crippen LogP contribution in [0.1, 0.15) is 37.6 Å². The third kappa shape index (κ3) is 3.89. The fourth-order valence-corrected chi connectivity index (χ4v) is 2.85. The summed E-state index contributed by atoms with van der Waals surface area (Å²) in [4.78, 5) is 3.86. The van der Waals surface area contributed by atoms with E-state index in [9.17, 15) is 0 Å². The summed E-state index contributed by atoms with van der Waals surface area (Å²) >= 11 is 1.83. The van der Waals surface area contributed by atoms with Crippen LogP contribution in [0.5, 0.6) is 0 Å². The van der Waals surface area contributed by atoms with Crippen molar-refractivity contribution >= 4 is 11.3 Å². The molecule has 0 saturated carbocycles. The van der Waals surface area contributed by atoms with Crippen LogP contribution in [0.15, 0.2) is 17.5 Å². The highest BCUT2D eigenvalue weighted by Crippen LogP contribution is 2.24. The van der Waals surface area contributed by atoms with E-state index in [4.69, 9.17) is 5.73 Å². The molecular formula is C13H24N2S. The Balaban J connectivity index is 2.47. The second-order valence-electron chi connectivity index (χ2n) is 4.52. The van der Waals surface area contributed by atoms with Crippen LogP contribution in [0.2, 0.25) is 0 Å². The minimum atomic E-state index is 0.505. The number of nitrogens with two attached hydrogens (primary N) is 1. The highest BCUT2D eigenvalue weighted by Gasteiger charge is 2.16. The number of nitrogens with zero attached hydrogens (tertiary/aromatic N) is 1. The van der Waals surface area contributed by atoms with Crippen molar-refractivity contribution in [3.8, 4) is 0 Å². The van der Waals surface area contributed by atoms with Gasteiger partial charge in [-0.15, -0.1) is 11.3 Å². The number of thiophene rings is 1. The maximum atomic E-state index is 5.80. The van der Waals surface area contributed by atoms with Gasteiger partial charge in [0.25, 0.3) is 0 Å². The third-order valence-corrected chi connectivity index (χ3v) is 4.24. The molecule has 0 amide bonds. The summed E-state index contributed by atoms with van der Waals surface area (Å²) in [5.74, 6) is 0.636. The average molecular weight is 240 g/mol. The zero-order valence-corrected chi connectivity index (χ0v) is 11.5. The lowest BCUT2D eigenvalue weighted by molar-refractivity contribution is 0.218. The quantitative estimate of drug-likeness (QED) is 0.793. The van der Waals surface area contributed by atoms with E-state index in [1.54, 1.807) is 0 Å². The largest absolute Gasteiger partial charge is 0.330 e. The van der Waals surface area contributed by atoms with Crippen LogP contribution < -0.4 is 5.73 Å². The minimum Gasteiger partial charge on any atom is -0.330 e. The van der Waals surface area contributed by atoms with Crippen molar-refractivity contribution in [3.05, 3.63) is 22.4 Å². The molecule has 0 spiro atoms. The smallest absolute Gasteiger partial charge is 0.0410 e. The van der Waals surface area contributed by atoms with Gasteiger partial charge in [0.05, 0.1) is 0 Å². The van der Waals surface area contributed by atoms with Gasteiger partial charge >= 0.3 is 0 Å². The van der Waals surface area contributed by atoms with Gasteiger partial charge in [-0.25, -0.2) is 0 Å². The number of hydrogen-bond acceptors (Lipinski definition) is 3. The normalized spacial score (nSPS) is 15.3. The topological polar surface area (TPSA) is 29.3 Å². The highest BCUT2D eigenvalue weighted by atomic mass is 32.1. The molecule has 0 fully saturated rings. The summed E-state index contributed by atoms with van der Waals surface area (Å²) in [7, 11) is 2.20. The monoisotopic (exact) mass is 240 g/mol. The SMILES string of the molecule is CCCC(CN)CN(C)C(C)c1cccs1. The van der Waals surface area contributed by atoms with Crippen LogP contribution in [0.25, 0.3) is 0 Å². The molecule has 3 heteroatoms. The van der Waals surface area contributed by atoms with E-state index >= 15 is 0 Å².